The molecule has 264 valence electrons. The third kappa shape index (κ3) is 9.16. The molecule has 4 heterocycles. The Morgan fingerprint density at radius 1 is 1.00 bits per heavy atom. The second kappa shape index (κ2) is 15.1. The van der Waals surface area contributed by atoms with E-state index >= 15 is 0 Å². The number of aromatic nitrogens is 4. The van der Waals surface area contributed by atoms with Gasteiger partial charge < -0.3 is 62.0 Å². The number of aliphatic hydroxyl groups is 4. The third-order valence-electron chi connectivity index (χ3n) is 6.98. The number of anilines is 1. The molecule has 2 aromatic heterocycles. The molecule has 11 unspecified atom stereocenters. The van der Waals surface area contributed by atoms with Crippen molar-refractivity contribution < 1.29 is 72.1 Å². The number of rotatable bonds is 16. The van der Waals surface area contributed by atoms with Gasteiger partial charge in [-0.1, -0.05) is 0 Å². The Hall–Kier alpha value is -2.93. The highest BCUT2D eigenvalue weighted by Crippen LogP contribution is 2.60. The SMILES string of the molecule is NC(N)=NCCCC(NC1OC(COP(=O)(O)OP(=O)(O)OCC2OC(n3cnc4c(N)ncnc43)C(O)C2O)C(O)C1O)C(=O)O. The van der Waals surface area contributed by atoms with Crippen LogP contribution in [0.3, 0.4) is 0 Å². The molecule has 0 aliphatic carbocycles. The number of aliphatic imine (C=N–C) groups is 1. The van der Waals surface area contributed by atoms with E-state index in [1.165, 1.54) is 10.9 Å². The Labute approximate surface area is 264 Å². The molecular weight excluding hydrogens is 680 g/mol. The van der Waals surface area contributed by atoms with Crippen LogP contribution >= 0.6 is 15.6 Å². The second-order valence-electron chi connectivity index (χ2n) is 10.3. The summed E-state index contributed by atoms with van der Waals surface area (Å²) in [4.78, 5) is 47.2. The standard InChI is InChI=1S/C21H35N9O15P2/c22-16-11-17(27-6-26-16)30(7-28-11)19-15(34)13(32)10(44-19)5-42-47(39,40)45-46(37,38)41-4-9-12(31)14(33)18(43-9)29-8(20(35)36)2-1-3-25-21(23)24/h6-10,12-15,18-19,29,31-34H,1-5H2,(H,35,36)(H,37,38)(H,39,40)(H2,22,26,27)(H4,23,24,25). The normalized spacial score (nSPS) is 30.9. The van der Waals surface area contributed by atoms with Crippen molar-refractivity contribution in [3.63, 3.8) is 0 Å². The fourth-order valence-corrected chi connectivity index (χ4v) is 6.76. The van der Waals surface area contributed by atoms with E-state index < -0.39 is 89.9 Å². The van der Waals surface area contributed by atoms with Crippen molar-refractivity contribution in [1.82, 2.24) is 24.8 Å². The van der Waals surface area contributed by atoms with Crippen molar-refractivity contribution in [2.45, 2.75) is 68.0 Å². The quantitative estimate of drug-likeness (QED) is 0.0340. The van der Waals surface area contributed by atoms with Gasteiger partial charge in [-0.3, -0.25) is 28.7 Å². The number of imidazole rings is 1. The summed E-state index contributed by atoms with van der Waals surface area (Å²) in [6, 6.07) is -1.27. The summed E-state index contributed by atoms with van der Waals surface area (Å²) in [6.07, 6.45) is -9.92. The van der Waals surface area contributed by atoms with Crippen LogP contribution in [0.2, 0.25) is 0 Å². The molecule has 0 saturated carbocycles. The van der Waals surface area contributed by atoms with E-state index in [0.29, 0.717) is 0 Å². The molecule has 4 rings (SSSR count). The monoisotopic (exact) mass is 715 g/mol. The number of carbonyl (C=O) groups is 1. The molecule has 2 fully saturated rings. The van der Waals surface area contributed by atoms with Crippen LogP contribution in [-0.2, 0) is 36.8 Å². The van der Waals surface area contributed by atoms with Gasteiger partial charge in [0.2, 0.25) is 0 Å². The van der Waals surface area contributed by atoms with E-state index in [4.69, 9.17) is 26.7 Å². The Morgan fingerprint density at radius 2 is 1.62 bits per heavy atom. The number of hydrogen-bond donors (Lipinski definition) is 11. The molecule has 0 spiro atoms. The first-order valence-electron chi connectivity index (χ1n) is 13.7. The summed E-state index contributed by atoms with van der Waals surface area (Å²) in [6.45, 7) is -1.78. The minimum Gasteiger partial charge on any atom is -0.480 e. The maximum Gasteiger partial charge on any atom is 0.481 e. The van der Waals surface area contributed by atoms with Crippen molar-refractivity contribution >= 4 is 44.6 Å². The number of aliphatic hydroxyl groups excluding tert-OH is 4. The zero-order chi connectivity index (χ0) is 34.7. The number of ether oxygens (including phenoxy) is 2. The minimum absolute atomic E-state index is 0.00547. The van der Waals surface area contributed by atoms with Gasteiger partial charge in [0.15, 0.2) is 23.7 Å². The molecule has 26 heteroatoms. The molecule has 0 amide bonds. The average molecular weight is 716 g/mol. The smallest absolute Gasteiger partial charge is 0.480 e. The largest absolute Gasteiger partial charge is 0.481 e. The zero-order valence-electron chi connectivity index (χ0n) is 24.1. The lowest BCUT2D eigenvalue weighted by molar-refractivity contribution is -0.141. The Morgan fingerprint density at radius 3 is 2.23 bits per heavy atom. The van der Waals surface area contributed by atoms with E-state index in [9.17, 15) is 49.2 Å². The van der Waals surface area contributed by atoms with E-state index in [2.05, 4.69) is 38.6 Å². The predicted octanol–water partition coefficient (Wildman–Crippen LogP) is -4.18. The molecule has 0 aromatic carbocycles. The number of phosphoric acid groups is 2. The van der Waals surface area contributed by atoms with Crippen molar-refractivity contribution in [3.8, 4) is 0 Å². The van der Waals surface area contributed by atoms with Crippen LogP contribution in [0.5, 0.6) is 0 Å². The zero-order valence-corrected chi connectivity index (χ0v) is 25.9. The van der Waals surface area contributed by atoms with Crippen LogP contribution in [0.25, 0.3) is 11.2 Å². The van der Waals surface area contributed by atoms with Gasteiger partial charge >= 0.3 is 21.6 Å². The number of nitrogens with two attached hydrogens (primary N) is 3. The summed E-state index contributed by atoms with van der Waals surface area (Å²) in [5, 5.41) is 53.5. The number of nitrogen functional groups attached to an aromatic ring is 1. The van der Waals surface area contributed by atoms with Gasteiger partial charge in [-0.2, -0.15) is 4.31 Å². The summed E-state index contributed by atoms with van der Waals surface area (Å²) >= 11 is 0. The van der Waals surface area contributed by atoms with E-state index in [0.717, 1.165) is 6.33 Å². The van der Waals surface area contributed by atoms with Crippen LogP contribution < -0.4 is 22.5 Å². The fourth-order valence-electron chi connectivity index (χ4n) is 4.67. The van der Waals surface area contributed by atoms with Gasteiger partial charge in [0, 0.05) is 6.54 Å². The molecule has 24 nitrogen and oxygen atoms in total. The summed E-state index contributed by atoms with van der Waals surface area (Å²) in [5.41, 5.74) is 16.5. The number of phosphoric ester groups is 2. The number of carboxylic acid groups (broad SMARTS) is 1. The molecule has 2 aliphatic rings. The highest BCUT2D eigenvalue weighted by molar-refractivity contribution is 7.61. The van der Waals surface area contributed by atoms with Crippen molar-refractivity contribution in [1.29, 1.82) is 0 Å². The van der Waals surface area contributed by atoms with Gasteiger partial charge in [-0.05, 0) is 12.8 Å². The molecule has 2 saturated heterocycles. The molecule has 2 aromatic rings. The third-order valence-corrected chi connectivity index (χ3v) is 9.58. The second-order valence-corrected chi connectivity index (χ2v) is 13.4. The lowest BCUT2D eigenvalue weighted by atomic mass is 10.1. The number of fused-ring (bicyclic) bond motifs is 1. The Bertz CT molecular complexity index is 1530. The van der Waals surface area contributed by atoms with Gasteiger partial charge in [-0.15, -0.1) is 0 Å². The number of nitrogens with zero attached hydrogens (tertiary/aromatic N) is 5. The lowest BCUT2D eigenvalue weighted by Crippen LogP contribution is -2.49. The molecule has 11 atom stereocenters. The molecule has 0 radical (unpaired) electrons. The van der Waals surface area contributed by atoms with E-state index in [-0.39, 0.29) is 42.3 Å². The number of aliphatic carboxylic acids is 1. The number of guanidine groups is 1. The fraction of sp³-hybridized carbons (Fsp3) is 0.667. The lowest BCUT2D eigenvalue weighted by Gasteiger charge is -2.22. The first kappa shape index (κ1) is 36.9. The van der Waals surface area contributed by atoms with Gasteiger partial charge in [0.25, 0.3) is 0 Å². The maximum atomic E-state index is 12.4. The summed E-state index contributed by atoms with van der Waals surface area (Å²) < 4.78 is 50.6. The maximum absolute atomic E-state index is 12.4. The number of nitrogens with one attached hydrogen (secondary N) is 1. The molecule has 2 aliphatic heterocycles. The topological polar surface area (TPSA) is 385 Å². The Balaban J connectivity index is 1.28. The summed E-state index contributed by atoms with van der Waals surface area (Å²) in [5.74, 6) is -1.46. The van der Waals surface area contributed by atoms with Crippen LogP contribution in [0, 0.1) is 0 Å². The van der Waals surface area contributed by atoms with Crippen molar-refractivity contribution in [2.75, 3.05) is 25.5 Å². The molecule has 0 bridgehead atoms. The van der Waals surface area contributed by atoms with Crippen LogP contribution in [0.15, 0.2) is 17.6 Å². The van der Waals surface area contributed by atoms with Crippen molar-refractivity contribution in [3.05, 3.63) is 12.7 Å². The van der Waals surface area contributed by atoms with Crippen LogP contribution in [-0.4, -0.2) is 135 Å². The molecule has 47 heavy (non-hydrogen) atoms. The van der Waals surface area contributed by atoms with Gasteiger partial charge in [0.05, 0.1) is 19.5 Å². The number of carboxylic acids is 1. The average Bonchev–Trinajstić information content (AvgIpc) is 3.62. The highest BCUT2D eigenvalue weighted by Gasteiger charge is 2.48. The number of hydrogen-bond acceptors (Lipinski definition) is 18. The van der Waals surface area contributed by atoms with Crippen LogP contribution in [0.4, 0.5) is 5.82 Å². The van der Waals surface area contributed by atoms with Crippen LogP contribution in [0.1, 0.15) is 19.1 Å². The highest BCUT2D eigenvalue weighted by atomic mass is 31.3. The van der Waals surface area contributed by atoms with E-state index in [1.807, 2.05) is 0 Å². The van der Waals surface area contributed by atoms with Crippen molar-refractivity contribution in [2.24, 2.45) is 16.5 Å². The Kier molecular flexibility index (Phi) is 11.8. The van der Waals surface area contributed by atoms with Gasteiger partial charge in [-0.25, -0.2) is 24.1 Å². The first-order chi connectivity index (χ1) is 22.0. The predicted molar refractivity (Wildman–Crippen MR) is 153 cm³/mol. The summed E-state index contributed by atoms with van der Waals surface area (Å²) in [7, 11) is -10.8. The molecular formula is C21H35N9O15P2. The first-order valence-corrected chi connectivity index (χ1v) is 16.6. The molecule has 14 N–H and O–H groups in total. The van der Waals surface area contributed by atoms with E-state index in [1.54, 1.807) is 0 Å². The van der Waals surface area contributed by atoms with Gasteiger partial charge in [0.1, 0.15) is 60.7 Å². The minimum atomic E-state index is -5.42.